The number of hydrogen-bond acceptors (Lipinski definition) is 6. The second kappa shape index (κ2) is 12.9. The Balaban J connectivity index is 1.24. The first-order valence-electron chi connectivity index (χ1n) is 13.9. The number of piperazine rings is 1. The second-order valence-electron chi connectivity index (χ2n) is 10.4. The summed E-state index contributed by atoms with van der Waals surface area (Å²) in [5.41, 5.74) is 2.63. The molecule has 0 saturated carbocycles. The van der Waals surface area contributed by atoms with Crippen LogP contribution in [0.1, 0.15) is 31.7 Å². The van der Waals surface area contributed by atoms with Crippen LogP contribution in [0.25, 0.3) is 0 Å². The summed E-state index contributed by atoms with van der Waals surface area (Å²) >= 11 is 5.62. The molecule has 0 aliphatic carbocycles. The molecule has 5 rings (SSSR count). The minimum Gasteiger partial charge on any atom is -0.368 e. The lowest BCUT2D eigenvalue weighted by atomic mass is 10.0. The third-order valence-electron chi connectivity index (χ3n) is 7.40. The first-order chi connectivity index (χ1) is 18.6. The zero-order valence-corrected chi connectivity index (χ0v) is 23.2. The van der Waals surface area contributed by atoms with Gasteiger partial charge in [-0.1, -0.05) is 55.5 Å². The van der Waals surface area contributed by atoms with Gasteiger partial charge in [0.05, 0.1) is 0 Å². The molecule has 2 saturated heterocycles. The van der Waals surface area contributed by atoms with E-state index in [0.717, 1.165) is 70.3 Å². The lowest BCUT2D eigenvalue weighted by molar-refractivity contribution is 0.444. The first-order valence-corrected chi connectivity index (χ1v) is 14.3. The number of aromatic nitrogens is 2. The van der Waals surface area contributed by atoms with Crippen LogP contribution in [0.3, 0.4) is 0 Å². The molecule has 1 atom stereocenters. The highest BCUT2D eigenvalue weighted by molar-refractivity contribution is 7.80. The van der Waals surface area contributed by atoms with E-state index in [4.69, 9.17) is 22.2 Å². The van der Waals surface area contributed by atoms with Crippen molar-refractivity contribution in [3.8, 4) is 0 Å². The summed E-state index contributed by atoms with van der Waals surface area (Å²) in [6.45, 7) is 8.96. The summed E-state index contributed by atoms with van der Waals surface area (Å²) in [6, 6.07) is 23.4. The lowest BCUT2D eigenvalue weighted by Crippen LogP contribution is -2.47. The van der Waals surface area contributed by atoms with Gasteiger partial charge in [0.15, 0.2) is 5.11 Å². The average Bonchev–Trinajstić information content (AvgIpc) is 2.96. The monoisotopic (exact) mass is 529 g/mol. The summed E-state index contributed by atoms with van der Waals surface area (Å²) in [7, 11) is 0. The highest BCUT2D eigenvalue weighted by atomic mass is 32.1. The Morgan fingerprint density at radius 2 is 1.53 bits per heavy atom. The zero-order chi connectivity index (χ0) is 26.2. The van der Waals surface area contributed by atoms with Crippen LogP contribution < -0.4 is 25.3 Å². The van der Waals surface area contributed by atoms with Crippen molar-refractivity contribution in [3.05, 3.63) is 72.3 Å². The van der Waals surface area contributed by atoms with Crippen molar-refractivity contribution in [2.75, 3.05) is 65.8 Å². The van der Waals surface area contributed by atoms with Gasteiger partial charge in [-0.3, -0.25) is 0 Å². The maximum absolute atomic E-state index is 5.62. The average molecular weight is 530 g/mol. The lowest BCUT2D eigenvalue weighted by Gasteiger charge is -2.37. The highest BCUT2D eigenvalue weighted by Crippen LogP contribution is 2.27. The Bertz CT molecular complexity index is 1170. The third kappa shape index (κ3) is 7.13. The number of anilines is 4. The third-order valence-corrected chi connectivity index (χ3v) is 7.65. The van der Waals surface area contributed by atoms with Gasteiger partial charge in [0, 0.05) is 57.6 Å². The predicted octanol–water partition coefficient (Wildman–Crippen LogP) is 4.96. The standard InChI is InChI=1S/C30H39N7S/c1-24-10-9-17-37(23-24)28-22-27(36-20-18-35(19-21-36)26-14-6-3-7-15-26)32-29(33-28)34-30(38)31-16-8-13-25-11-4-2-5-12-25/h2-7,11-12,14-15,22,24H,8-10,13,16-21,23H2,1H3,(H2,31,32,33,34,38)/t24-/m1/s1. The molecule has 2 fully saturated rings. The van der Waals surface area contributed by atoms with Gasteiger partial charge in [-0.05, 0) is 61.5 Å². The van der Waals surface area contributed by atoms with Crippen LogP contribution in [0.2, 0.25) is 0 Å². The maximum atomic E-state index is 5.62. The van der Waals surface area contributed by atoms with Crippen LogP contribution in [0.15, 0.2) is 66.7 Å². The highest BCUT2D eigenvalue weighted by Gasteiger charge is 2.23. The van der Waals surface area contributed by atoms with E-state index in [1.54, 1.807) is 0 Å². The molecule has 2 N–H and O–H groups in total. The summed E-state index contributed by atoms with van der Waals surface area (Å²) in [5, 5.41) is 7.19. The number of nitrogens with zero attached hydrogens (tertiary/aromatic N) is 5. The van der Waals surface area contributed by atoms with Crippen LogP contribution >= 0.6 is 12.2 Å². The van der Waals surface area contributed by atoms with Crippen LogP contribution in [-0.4, -0.2) is 60.9 Å². The van der Waals surface area contributed by atoms with E-state index >= 15 is 0 Å². The van der Waals surface area contributed by atoms with Gasteiger partial charge in [-0.2, -0.15) is 9.97 Å². The van der Waals surface area contributed by atoms with Gasteiger partial charge < -0.3 is 25.3 Å². The molecule has 38 heavy (non-hydrogen) atoms. The smallest absolute Gasteiger partial charge is 0.232 e. The van der Waals surface area contributed by atoms with E-state index in [2.05, 4.69) is 99.0 Å². The van der Waals surface area contributed by atoms with Crippen LogP contribution in [0.4, 0.5) is 23.3 Å². The molecule has 3 heterocycles. The molecule has 0 radical (unpaired) electrons. The van der Waals surface area contributed by atoms with E-state index in [1.165, 1.54) is 24.1 Å². The number of hydrogen-bond donors (Lipinski definition) is 2. The number of piperidine rings is 1. The first kappa shape index (κ1) is 26.2. The van der Waals surface area contributed by atoms with Crippen LogP contribution in [0, 0.1) is 5.92 Å². The molecule has 2 aromatic carbocycles. The molecular formula is C30H39N7S. The van der Waals surface area contributed by atoms with Gasteiger partial charge >= 0.3 is 0 Å². The van der Waals surface area contributed by atoms with Gasteiger partial charge in [-0.25, -0.2) is 0 Å². The molecule has 0 unspecified atom stereocenters. The fourth-order valence-electron chi connectivity index (χ4n) is 5.32. The topological polar surface area (TPSA) is 59.6 Å². The van der Waals surface area contributed by atoms with E-state index in [0.29, 0.717) is 17.0 Å². The number of para-hydroxylation sites is 1. The number of aryl methyl sites for hydroxylation is 1. The molecule has 3 aromatic rings. The van der Waals surface area contributed by atoms with E-state index in [9.17, 15) is 0 Å². The molecule has 1 aromatic heterocycles. The summed E-state index contributed by atoms with van der Waals surface area (Å²) in [5.74, 6) is 3.19. The number of thiocarbonyl (C=S) groups is 1. The predicted molar refractivity (Wildman–Crippen MR) is 162 cm³/mol. The van der Waals surface area contributed by atoms with Crippen molar-refractivity contribution in [2.24, 2.45) is 5.92 Å². The molecule has 2 aliphatic rings. The molecule has 0 amide bonds. The Morgan fingerprint density at radius 1 is 0.868 bits per heavy atom. The Labute approximate surface area is 232 Å². The van der Waals surface area contributed by atoms with Gasteiger partial charge in [0.1, 0.15) is 11.6 Å². The SMILES string of the molecule is C[C@@H]1CCCN(c2cc(N3CCN(c4ccccc4)CC3)nc(NC(=S)NCCCc3ccccc3)n2)C1. The number of benzene rings is 2. The zero-order valence-electron chi connectivity index (χ0n) is 22.4. The quantitative estimate of drug-likeness (QED) is 0.314. The summed E-state index contributed by atoms with van der Waals surface area (Å²) < 4.78 is 0. The molecule has 0 bridgehead atoms. The maximum Gasteiger partial charge on any atom is 0.232 e. The molecule has 2 aliphatic heterocycles. The number of nitrogens with one attached hydrogen (secondary N) is 2. The van der Waals surface area contributed by atoms with Crippen molar-refractivity contribution in [1.29, 1.82) is 0 Å². The minimum absolute atomic E-state index is 0.571. The molecular weight excluding hydrogens is 490 g/mol. The van der Waals surface area contributed by atoms with E-state index in [1.807, 2.05) is 0 Å². The molecule has 0 spiro atoms. The van der Waals surface area contributed by atoms with Crippen LogP contribution in [0.5, 0.6) is 0 Å². The van der Waals surface area contributed by atoms with Crippen molar-refractivity contribution in [1.82, 2.24) is 15.3 Å². The largest absolute Gasteiger partial charge is 0.368 e. The molecule has 8 heteroatoms. The van der Waals surface area contributed by atoms with Crippen molar-refractivity contribution < 1.29 is 0 Å². The van der Waals surface area contributed by atoms with Gasteiger partial charge in [-0.15, -0.1) is 0 Å². The van der Waals surface area contributed by atoms with Crippen molar-refractivity contribution >= 4 is 40.6 Å². The Morgan fingerprint density at radius 3 is 2.24 bits per heavy atom. The summed E-state index contributed by atoms with van der Waals surface area (Å²) in [4.78, 5) is 17.0. The van der Waals surface area contributed by atoms with Gasteiger partial charge in [0.2, 0.25) is 5.95 Å². The number of rotatable bonds is 8. The Kier molecular flexibility index (Phi) is 8.91. The minimum atomic E-state index is 0.571. The normalized spacial score (nSPS) is 17.8. The fraction of sp³-hybridized carbons (Fsp3) is 0.433. The summed E-state index contributed by atoms with van der Waals surface area (Å²) in [6.07, 6.45) is 4.50. The van der Waals surface area contributed by atoms with Crippen molar-refractivity contribution in [3.63, 3.8) is 0 Å². The molecule has 7 nitrogen and oxygen atoms in total. The molecule has 200 valence electrons. The fourth-order valence-corrected chi connectivity index (χ4v) is 5.51. The van der Waals surface area contributed by atoms with E-state index < -0.39 is 0 Å². The Hall–Kier alpha value is -3.39. The van der Waals surface area contributed by atoms with Gasteiger partial charge in [0.25, 0.3) is 0 Å². The van der Waals surface area contributed by atoms with E-state index in [-0.39, 0.29) is 0 Å². The second-order valence-corrected chi connectivity index (χ2v) is 10.8. The van der Waals surface area contributed by atoms with Crippen LogP contribution in [-0.2, 0) is 6.42 Å². The van der Waals surface area contributed by atoms with Crippen molar-refractivity contribution in [2.45, 2.75) is 32.6 Å².